The number of fused-ring (bicyclic) bond motifs is 1. The van der Waals surface area contributed by atoms with Gasteiger partial charge in [0.1, 0.15) is 0 Å². The first-order valence-electron chi connectivity index (χ1n) is 6.38. The summed E-state index contributed by atoms with van der Waals surface area (Å²) >= 11 is 0. The molecule has 1 aromatic carbocycles. The Morgan fingerprint density at radius 2 is 1.94 bits per heavy atom. The lowest BCUT2D eigenvalue weighted by atomic mass is 10.0. The Balaban J connectivity index is 1.96. The molecule has 0 amide bonds. The number of anilines is 1. The zero-order valence-electron chi connectivity index (χ0n) is 10.2. The summed E-state index contributed by atoms with van der Waals surface area (Å²) < 4.78 is 0. The van der Waals surface area contributed by atoms with Gasteiger partial charge in [0.25, 0.3) is 0 Å². The summed E-state index contributed by atoms with van der Waals surface area (Å²) in [7, 11) is 0. The molecule has 3 rings (SSSR count). The van der Waals surface area contributed by atoms with Gasteiger partial charge in [-0.1, -0.05) is 18.2 Å². The fourth-order valence-electron chi connectivity index (χ4n) is 2.63. The molecule has 1 fully saturated rings. The van der Waals surface area contributed by atoms with E-state index in [0.717, 1.165) is 26.2 Å². The zero-order chi connectivity index (χ0) is 11.7. The molecule has 17 heavy (non-hydrogen) atoms. The lowest BCUT2D eigenvalue weighted by Crippen LogP contribution is -2.43. The van der Waals surface area contributed by atoms with Crippen molar-refractivity contribution in [2.75, 3.05) is 31.5 Å². The van der Waals surface area contributed by atoms with Gasteiger partial charge in [0.15, 0.2) is 0 Å². The lowest BCUT2D eigenvalue weighted by Gasteiger charge is -2.35. The molecule has 0 radical (unpaired) electrons. The maximum atomic E-state index is 3.51. The molecular formula is C14H19N3. The highest BCUT2D eigenvalue weighted by Crippen LogP contribution is 2.31. The third-order valence-electron chi connectivity index (χ3n) is 3.45. The first-order valence-corrected chi connectivity index (χ1v) is 6.38. The Kier molecular flexibility index (Phi) is 2.77. The van der Waals surface area contributed by atoms with Gasteiger partial charge in [0.05, 0.1) is 0 Å². The van der Waals surface area contributed by atoms with Crippen LogP contribution in [0.4, 0.5) is 5.69 Å². The van der Waals surface area contributed by atoms with Crippen LogP contribution in [0, 0.1) is 0 Å². The number of benzene rings is 1. The van der Waals surface area contributed by atoms with Crippen LogP contribution in [0.3, 0.4) is 0 Å². The molecule has 90 valence electrons. The molecule has 1 atom stereocenters. The fraction of sp³-hybridized carbons (Fsp3) is 0.429. The Morgan fingerprint density at radius 3 is 2.76 bits per heavy atom. The zero-order valence-corrected chi connectivity index (χ0v) is 10.2. The van der Waals surface area contributed by atoms with E-state index in [2.05, 4.69) is 52.8 Å². The SMILES string of the molecule is CC1C=C(N2CCNCC2)c2ccccc2N1. The molecule has 2 aliphatic rings. The number of rotatable bonds is 1. The van der Waals surface area contributed by atoms with Crippen molar-refractivity contribution in [1.82, 2.24) is 10.2 Å². The van der Waals surface area contributed by atoms with Crippen LogP contribution in [0.15, 0.2) is 30.3 Å². The molecular weight excluding hydrogens is 210 g/mol. The van der Waals surface area contributed by atoms with E-state index < -0.39 is 0 Å². The number of piperazine rings is 1. The molecule has 2 aliphatic heterocycles. The Hall–Kier alpha value is -1.48. The summed E-state index contributed by atoms with van der Waals surface area (Å²) in [6.07, 6.45) is 2.34. The molecule has 3 nitrogen and oxygen atoms in total. The van der Waals surface area contributed by atoms with Crippen molar-refractivity contribution in [2.24, 2.45) is 0 Å². The van der Waals surface area contributed by atoms with Crippen molar-refractivity contribution >= 4 is 11.4 Å². The summed E-state index contributed by atoms with van der Waals surface area (Å²) in [4.78, 5) is 2.49. The lowest BCUT2D eigenvalue weighted by molar-refractivity contribution is 0.339. The van der Waals surface area contributed by atoms with Gasteiger partial charge in [0.2, 0.25) is 0 Å². The van der Waals surface area contributed by atoms with Gasteiger partial charge in [-0.05, 0) is 19.1 Å². The topological polar surface area (TPSA) is 27.3 Å². The van der Waals surface area contributed by atoms with Crippen molar-refractivity contribution in [3.8, 4) is 0 Å². The van der Waals surface area contributed by atoms with E-state index >= 15 is 0 Å². The molecule has 1 unspecified atom stereocenters. The number of nitrogens with zero attached hydrogens (tertiary/aromatic N) is 1. The molecule has 1 aromatic rings. The van der Waals surface area contributed by atoms with Gasteiger partial charge in [-0.2, -0.15) is 0 Å². The third-order valence-corrected chi connectivity index (χ3v) is 3.45. The minimum Gasteiger partial charge on any atom is -0.378 e. The maximum absolute atomic E-state index is 3.51. The van der Waals surface area contributed by atoms with E-state index in [9.17, 15) is 0 Å². The molecule has 0 bridgehead atoms. The highest BCUT2D eigenvalue weighted by Gasteiger charge is 2.21. The summed E-state index contributed by atoms with van der Waals surface area (Å²) in [6, 6.07) is 9.00. The Labute approximate surface area is 103 Å². The second-order valence-corrected chi connectivity index (χ2v) is 4.77. The average molecular weight is 229 g/mol. The number of nitrogens with one attached hydrogen (secondary N) is 2. The van der Waals surface area contributed by atoms with E-state index in [1.807, 2.05) is 0 Å². The van der Waals surface area contributed by atoms with E-state index in [1.165, 1.54) is 16.9 Å². The highest BCUT2D eigenvalue weighted by molar-refractivity contribution is 5.79. The molecule has 3 heteroatoms. The van der Waals surface area contributed by atoms with Crippen LogP contribution in [0.25, 0.3) is 5.70 Å². The van der Waals surface area contributed by atoms with Crippen LogP contribution >= 0.6 is 0 Å². The Bertz CT molecular complexity index is 433. The van der Waals surface area contributed by atoms with Crippen LogP contribution in [0.2, 0.25) is 0 Å². The van der Waals surface area contributed by atoms with Crippen molar-refractivity contribution in [3.05, 3.63) is 35.9 Å². The highest BCUT2D eigenvalue weighted by atomic mass is 15.2. The second kappa shape index (κ2) is 4.41. The van der Waals surface area contributed by atoms with E-state index in [0.29, 0.717) is 6.04 Å². The molecule has 0 aliphatic carbocycles. The smallest absolute Gasteiger partial charge is 0.0441 e. The molecule has 2 heterocycles. The largest absolute Gasteiger partial charge is 0.378 e. The van der Waals surface area contributed by atoms with Crippen molar-refractivity contribution in [1.29, 1.82) is 0 Å². The van der Waals surface area contributed by atoms with Crippen LogP contribution < -0.4 is 10.6 Å². The predicted molar refractivity (Wildman–Crippen MR) is 71.9 cm³/mol. The summed E-state index contributed by atoms with van der Waals surface area (Å²) in [5.74, 6) is 0. The van der Waals surface area contributed by atoms with Crippen molar-refractivity contribution in [2.45, 2.75) is 13.0 Å². The van der Waals surface area contributed by atoms with Crippen LogP contribution in [-0.2, 0) is 0 Å². The van der Waals surface area contributed by atoms with E-state index in [-0.39, 0.29) is 0 Å². The van der Waals surface area contributed by atoms with Gasteiger partial charge in [-0.15, -0.1) is 0 Å². The van der Waals surface area contributed by atoms with E-state index in [4.69, 9.17) is 0 Å². The first-order chi connectivity index (χ1) is 8.34. The summed E-state index contributed by atoms with van der Waals surface area (Å²) in [5.41, 5.74) is 4.00. The predicted octanol–water partition coefficient (Wildman–Crippen LogP) is 1.75. The maximum Gasteiger partial charge on any atom is 0.0441 e. The fourth-order valence-corrected chi connectivity index (χ4v) is 2.63. The summed E-state index contributed by atoms with van der Waals surface area (Å²) in [5, 5.41) is 6.91. The molecule has 0 saturated carbocycles. The summed E-state index contributed by atoms with van der Waals surface area (Å²) in [6.45, 7) is 6.58. The quantitative estimate of drug-likeness (QED) is 0.768. The van der Waals surface area contributed by atoms with Crippen molar-refractivity contribution < 1.29 is 0 Å². The van der Waals surface area contributed by atoms with Crippen LogP contribution in [-0.4, -0.2) is 37.1 Å². The molecule has 0 spiro atoms. The van der Waals surface area contributed by atoms with Gasteiger partial charge in [-0.25, -0.2) is 0 Å². The van der Waals surface area contributed by atoms with Crippen LogP contribution in [0.1, 0.15) is 12.5 Å². The minimum atomic E-state index is 0.412. The monoisotopic (exact) mass is 229 g/mol. The number of hydrogen-bond donors (Lipinski definition) is 2. The Morgan fingerprint density at radius 1 is 1.18 bits per heavy atom. The van der Waals surface area contributed by atoms with Gasteiger partial charge < -0.3 is 15.5 Å². The molecule has 0 aromatic heterocycles. The van der Waals surface area contributed by atoms with Gasteiger partial charge in [0, 0.05) is 49.2 Å². The standard InChI is InChI=1S/C14H19N3/c1-11-10-14(17-8-6-15-7-9-17)12-4-2-3-5-13(12)16-11/h2-5,10-11,15-16H,6-9H2,1H3. The van der Waals surface area contributed by atoms with Gasteiger partial charge in [-0.3, -0.25) is 0 Å². The normalized spacial score (nSPS) is 23.7. The molecule has 2 N–H and O–H groups in total. The van der Waals surface area contributed by atoms with Crippen molar-refractivity contribution in [3.63, 3.8) is 0 Å². The molecule has 1 saturated heterocycles. The first kappa shape index (κ1) is 10.7. The van der Waals surface area contributed by atoms with Crippen LogP contribution in [0.5, 0.6) is 0 Å². The average Bonchev–Trinajstić information content (AvgIpc) is 2.39. The number of para-hydroxylation sites is 1. The van der Waals surface area contributed by atoms with E-state index in [1.54, 1.807) is 0 Å². The van der Waals surface area contributed by atoms with Gasteiger partial charge >= 0.3 is 0 Å². The second-order valence-electron chi connectivity index (χ2n) is 4.77. The third kappa shape index (κ3) is 2.03. The number of hydrogen-bond acceptors (Lipinski definition) is 3. The minimum absolute atomic E-state index is 0.412.